The lowest BCUT2D eigenvalue weighted by molar-refractivity contribution is 0.191. The van der Waals surface area contributed by atoms with Gasteiger partial charge in [-0.3, -0.25) is 4.90 Å². The Kier molecular flexibility index (Phi) is 5.26. The van der Waals surface area contributed by atoms with Crippen LogP contribution in [0.4, 0.5) is 0 Å². The molecule has 0 spiro atoms. The molecule has 1 heterocycles. The van der Waals surface area contributed by atoms with Gasteiger partial charge in [-0.25, -0.2) is 0 Å². The predicted molar refractivity (Wildman–Crippen MR) is 81.4 cm³/mol. The molecule has 0 saturated carbocycles. The smallest absolute Gasteiger partial charge is 0.123 e. The van der Waals surface area contributed by atoms with Gasteiger partial charge in [0.25, 0.3) is 0 Å². The molecular formula is C16H26N2O2. The lowest BCUT2D eigenvalue weighted by atomic mass is 9.95. The fraction of sp³-hybridized carbons (Fsp3) is 0.625. The lowest BCUT2D eigenvalue weighted by Crippen LogP contribution is -2.39. The standard InChI is InChI=1S/C16H26N2O2/c1-4-18-10-6-5-7-14(17)16(18)13-11-12(19-2)8-9-15(13)20-3/h8-9,11,14,16H,4-7,10,17H2,1-3H3. The van der Waals surface area contributed by atoms with Crippen molar-refractivity contribution in [1.82, 2.24) is 4.90 Å². The molecule has 1 fully saturated rings. The maximum atomic E-state index is 6.45. The summed E-state index contributed by atoms with van der Waals surface area (Å²) in [5.74, 6) is 1.75. The topological polar surface area (TPSA) is 47.7 Å². The average molecular weight is 278 g/mol. The van der Waals surface area contributed by atoms with Crippen molar-refractivity contribution in [2.24, 2.45) is 5.73 Å². The number of hydrogen-bond acceptors (Lipinski definition) is 4. The van der Waals surface area contributed by atoms with Crippen molar-refractivity contribution >= 4 is 0 Å². The van der Waals surface area contributed by atoms with Gasteiger partial charge in [-0.1, -0.05) is 13.3 Å². The highest BCUT2D eigenvalue weighted by Crippen LogP contribution is 2.36. The van der Waals surface area contributed by atoms with Crippen LogP contribution < -0.4 is 15.2 Å². The normalized spacial score (nSPS) is 24.2. The molecule has 1 aliphatic heterocycles. The van der Waals surface area contributed by atoms with Crippen LogP contribution >= 0.6 is 0 Å². The lowest BCUT2D eigenvalue weighted by Gasteiger charge is -2.33. The first-order valence-corrected chi connectivity index (χ1v) is 7.42. The maximum absolute atomic E-state index is 6.45. The van der Waals surface area contributed by atoms with Crippen LogP contribution in [-0.4, -0.2) is 38.3 Å². The summed E-state index contributed by atoms with van der Waals surface area (Å²) in [5.41, 5.74) is 7.60. The van der Waals surface area contributed by atoms with Crippen molar-refractivity contribution in [2.45, 2.75) is 38.3 Å². The van der Waals surface area contributed by atoms with Crippen molar-refractivity contribution in [2.75, 3.05) is 27.3 Å². The maximum Gasteiger partial charge on any atom is 0.123 e. The summed E-state index contributed by atoms with van der Waals surface area (Å²) in [6.07, 6.45) is 3.46. The highest BCUT2D eigenvalue weighted by atomic mass is 16.5. The first-order valence-electron chi connectivity index (χ1n) is 7.42. The highest BCUT2D eigenvalue weighted by molar-refractivity contribution is 5.43. The van der Waals surface area contributed by atoms with E-state index >= 15 is 0 Å². The zero-order valence-corrected chi connectivity index (χ0v) is 12.8. The molecule has 20 heavy (non-hydrogen) atoms. The molecule has 112 valence electrons. The number of likely N-dealkylation sites (tertiary alicyclic amines) is 1. The van der Waals surface area contributed by atoms with E-state index in [0.29, 0.717) is 0 Å². The number of rotatable bonds is 4. The fourth-order valence-corrected chi connectivity index (χ4v) is 3.12. The zero-order valence-electron chi connectivity index (χ0n) is 12.8. The monoisotopic (exact) mass is 278 g/mol. The third-order valence-corrected chi connectivity index (χ3v) is 4.19. The van der Waals surface area contributed by atoms with E-state index in [-0.39, 0.29) is 12.1 Å². The second-order valence-electron chi connectivity index (χ2n) is 5.34. The molecule has 0 aliphatic carbocycles. The van der Waals surface area contributed by atoms with Crippen LogP contribution in [0.3, 0.4) is 0 Å². The quantitative estimate of drug-likeness (QED) is 0.919. The van der Waals surface area contributed by atoms with E-state index in [4.69, 9.17) is 15.2 Å². The van der Waals surface area contributed by atoms with Crippen LogP contribution in [0, 0.1) is 0 Å². The third-order valence-electron chi connectivity index (χ3n) is 4.19. The van der Waals surface area contributed by atoms with Crippen molar-refractivity contribution in [3.63, 3.8) is 0 Å². The average Bonchev–Trinajstić information content (AvgIpc) is 2.67. The van der Waals surface area contributed by atoms with Gasteiger partial charge >= 0.3 is 0 Å². The van der Waals surface area contributed by atoms with Crippen LogP contribution in [0.15, 0.2) is 18.2 Å². The molecule has 1 saturated heterocycles. The molecule has 0 amide bonds. The van der Waals surface area contributed by atoms with Gasteiger partial charge in [-0.15, -0.1) is 0 Å². The number of hydrogen-bond donors (Lipinski definition) is 1. The fourth-order valence-electron chi connectivity index (χ4n) is 3.12. The SMILES string of the molecule is CCN1CCCCC(N)C1c1cc(OC)ccc1OC. The molecule has 4 nitrogen and oxygen atoms in total. The number of ether oxygens (including phenoxy) is 2. The summed E-state index contributed by atoms with van der Waals surface area (Å²) in [5, 5.41) is 0. The Morgan fingerprint density at radius 3 is 2.70 bits per heavy atom. The summed E-state index contributed by atoms with van der Waals surface area (Å²) in [7, 11) is 3.40. The van der Waals surface area contributed by atoms with E-state index in [2.05, 4.69) is 17.9 Å². The molecule has 4 heteroatoms. The summed E-state index contributed by atoms with van der Waals surface area (Å²) in [6.45, 7) is 4.28. The molecule has 2 unspecified atom stereocenters. The zero-order chi connectivity index (χ0) is 14.5. The Morgan fingerprint density at radius 2 is 2.05 bits per heavy atom. The molecule has 0 aromatic heterocycles. The van der Waals surface area contributed by atoms with Gasteiger partial charge in [-0.05, 0) is 44.1 Å². The van der Waals surface area contributed by atoms with Gasteiger partial charge in [0, 0.05) is 11.6 Å². The Labute approximate surface area is 121 Å². The van der Waals surface area contributed by atoms with E-state index in [9.17, 15) is 0 Å². The van der Waals surface area contributed by atoms with Crippen molar-refractivity contribution in [3.8, 4) is 11.5 Å². The molecule has 1 aromatic rings. The molecule has 2 rings (SSSR count). The summed E-state index contributed by atoms with van der Waals surface area (Å²) in [4.78, 5) is 2.45. The minimum absolute atomic E-state index is 0.137. The molecule has 2 atom stereocenters. The largest absolute Gasteiger partial charge is 0.497 e. The first kappa shape index (κ1) is 15.1. The van der Waals surface area contributed by atoms with Gasteiger partial charge in [0.2, 0.25) is 0 Å². The Bertz CT molecular complexity index is 436. The van der Waals surface area contributed by atoms with E-state index in [1.54, 1.807) is 14.2 Å². The van der Waals surface area contributed by atoms with Crippen LogP contribution in [0.2, 0.25) is 0 Å². The van der Waals surface area contributed by atoms with Crippen molar-refractivity contribution in [1.29, 1.82) is 0 Å². The van der Waals surface area contributed by atoms with Crippen molar-refractivity contribution < 1.29 is 9.47 Å². The molecule has 0 bridgehead atoms. The summed E-state index contributed by atoms with van der Waals surface area (Å²) >= 11 is 0. The summed E-state index contributed by atoms with van der Waals surface area (Å²) in [6, 6.07) is 6.31. The second kappa shape index (κ2) is 6.95. The highest BCUT2D eigenvalue weighted by Gasteiger charge is 2.30. The molecule has 1 aliphatic rings. The van der Waals surface area contributed by atoms with Crippen LogP contribution in [0.5, 0.6) is 11.5 Å². The van der Waals surface area contributed by atoms with Gasteiger partial charge in [0.1, 0.15) is 11.5 Å². The van der Waals surface area contributed by atoms with E-state index in [0.717, 1.165) is 36.6 Å². The summed E-state index contributed by atoms with van der Waals surface area (Å²) < 4.78 is 10.9. The number of methoxy groups -OCH3 is 2. The molecule has 1 aromatic carbocycles. The molecule has 0 radical (unpaired) electrons. The van der Waals surface area contributed by atoms with Crippen molar-refractivity contribution in [3.05, 3.63) is 23.8 Å². The second-order valence-corrected chi connectivity index (χ2v) is 5.34. The Morgan fingerprint density at radius 1 is 1.25 bits per heavy atom. The van der Waals surface area contributed by atoms with E-state index in [1.807, 2.05) is 12.1 Å². The number of benzene rings is 1. The Hall–Kier alpha value is -1.26. The number of likely N-dealkylation sites (N-methyl/N-ethyl adjacent to an activating group) is 1. The van der Waals surface area contributed by atoms with Crippen LogP contribution in [-0.2, 0) is 0 Å². The third kappa shape index (κ3) is 3.07. The van der Waals surface area contributed by atoms with Crippen LogP contribution in [0.1, 0.15) is 37.8 Å². The van der Waals surface area contributed by atoms with Crippen LogP contribution in [0.25, 0.3) is 0 Å². The van der Waals surface area contributed by atoms with E-state index < -0.39 is 0 Å². The Balaban J connectivity index is 2.43. The minimum atomic E-state index is 0.137. The molecule has 2 N–H and O–H groups in total. The minimum Gasteiger partial charge on any atom is -0.497 e. The van der Waals surface area contributed by atoms with Gasteiger partial charge < -0.3 is 15.2 Å². The van der Waals surface area contributed by atoms with Gasteiger partial charge in [-0.2, -0.15) is 0 Å². The van der Waals surface area contributed by atoms with Gasteiger partial charge in [0.15, 0.2) is 0 Å². The van der Waals surface area contributed by atoms with Gasteiger partial charge in [0.05, 0.1) is 20.3 Å². The van der Waals surface area contributed by atoms with E-state index in [1.165, 1.54) is 12.8 Å². The number of nitrogens with zero attached hydrogens (tertiary/aromatic N) is 1. The number of nitrogens with two attached hydrogens (primary N) is 1. The first-order chi connectivity index (χ1) is 9.71. The molecular weight excluding hydrogens is 252 g/mol. The predicted octanol–water partition coefficient (Wildman–Crippen LogP) is 2.58.